The summed E-state index contributed by atoms with van der Waals surface area (Å²) in [6.45, 7) is 1.02. The topological polar surface area (TPSA) is 72.6 Å². The molecule has 0 amide bonds. The lowest BCUT2D eigenvalue weighted by Gasteiger charge is -2.32. The Bertz CT molecular complexity index is 785. The third-order valence-electron chi connectivity index (χ3n) is 4.30. The van der Waals surface area contributed by atoms with Gasteiger partial charge in [0.25, 0.3) is 10.9 Å². The molecule has 1 fully saturated rings. The van der Waals surface area contributed by atoms with Crippen molar-refractivity contribution >= 4 is 17.1 Å². The molecule has 2 aromatic rings. The molecule has 5 nitrogen and oxygen atoms in total. The normalized spacial score (nSPS) is 17.6. The highest BCUT2D eigenvalue weighted by Crippen LogP contribution is 2.40. The van der Waals surface area contributed by atoms with Gasteiger partial charge in [-0.3, -0.25) is 9.59 Å². The molecular weight excluding hydrogens is 268 g/mol. The van der Waals surface area contributed by atoms with Crippen LogP contribution in [0, 0.1) is 5.92 Å². The summed E-state index contributed by atoms with van der Waals surface area (Å²) in [7, 11) is 0. The van der Waals surface area contributed by atoms with E-state index in [9.17, 15) is 9.59 Å². The number of nitrogens with two attached hydrogens (primary N) is 1. The van der Waals surface area contributed by atoms with Crippen molar-refractivity contribution in [1.29, 1.82) is 0 Å². The highest BCUT2D eigenvalue weighted by Gasteiger charge is 2.29. The van der Waals surface area contributed by atoms with Crippen LogP contribution in [0.4, 0.5) is 17.1 Å². The van der Waals surface area contributed by atoms with E-state index in [4.69, 9.17) is 10.5 Å². The van der Waals surface area contributed by atoms with Crippen LogP contribution < -0.4 is 26.2 Å². The molecule has 21 heavy (non-hydrogen) atoms. The first-order valence-electron chi connectivity index (χ1n) is 7.27. The Kier molecular flexibility index (Phi) is 2.58. The number of fused-ring (bicyclic) bond motifs is 1. The number of nitrogen functional groups attached to an aromatic ring is 1. The molecule has 0 bridgehead atoms. The quantitative estimate of drug-likeness (QED) is 0.861. The van der Waals surface area contributed by atoms with Crippen LogP contribution in [0.2, 0.25) is 0 Å². The van der Waals surface area contributed by atoms with Gasteiger partial charge in [0, 0.05) is 0 Å². The molecule has 2 aliphatic rings. The Balaban J connectivity index is 1.75. The SMILES string of the molecule is Nc1c(N2CCOc3ccc(CC4CC4)cc32)c(=O)c1=O. The van der Waals surface area contributed by atoms with E-state index in [1.165, 1.54) is 18.4 Å². The first-order valence-corrected chi connectivity index (χ1v) is 7.27. The van der Waals surface area contributed by atoms with Crippen LogP contribution in [-0.2, 0) is 6.42 Å². The van der Waals surface area contributed by atoms with Gasteiger partial charge in [0.2, 0.25) is 0 Å². The van der Waals surface area contributed by atoms with Crippen LogP contribution in [0.5, 0.6) is 5.75 Å². The minimum Gasteiger partial charge on any atom is -0.490 e. The van der Waals surface area contributed by atoms with Crippen molar-refractivity contribution in [2.45, 2.75) is 19.3 Å². The van der Waals surface area contributed by atoms with Gasteiger partial charge in [-0.1, -0.05) is 6.07 Å². The number of nitrogens with zero attached hydrogens (tertiary/aromatic N) is 1. The number of benzene rings is 1. The zero-order chi connectivity index (χ0) is 14.6. The van der Waals surface area contributed by atoms with Gasteiger partial charge in [-0.05, 0) is 42.9 Å². The zero-order valence-corrected chi connectivity index (χ0v) is 11.6. The second-order valence-corrected chi connectivity index (χ2v) is 5.87. The largest absolute Gasteiger partial charge is 0.490 e. The highest BCUT2D eigenvalue weighted by molar-refractivity contribution is 5.81. The maximum Gasteiger partial charge on any atom is 0.253 e. The van der Waals surface area contributed by atoms with Crippen molar-refractivity contribution in [1.82, 2.24) is 0 Å². The third kappa shape index (κ3) is 1.92. The minimum absolute atomic E-state index is 0.0699. The fourth-order valence-electron chi connectivity index (χ4n) is 2.94. The molecule has 108 valence electrons. The molecule has 0 radical (unpaired) electrons. The molecule has 2 aromatic carbocycles. The second-order valence-electron chi connectivity index (χ2n) is 5.87. The smallest absolute Gasteiger partial charge is 0.253 e. The number of hydrogen-bond acceptors (Lipinski definition) is 5. The Morgan fingerprint density at radius 2 is 2.05 bits per heavy atom. The van der Waals surface area contributed by atoms with Crippen molar-refractivity contribution in [3.63, 3.8) is 0 Å². The van der Waals surface area contributed by atoms with E-state index >= 15 is 0 Å². The Morgan fingerprint density at radius 1 is 1.24 bits per heavy atom. The first kappa shape index (κ1) is 12.4. The monoisotopic (exact) mass is 284 g/mol. The number of ether oxygens (including phenoxy) is 1. The van der Waals surface area contributed by atoms with Crippen LogP contribution in [0.1, 0.15) is 18.4 Å². The van der Waals surface area contributed by atoms with Gasteiger partial charge in [0.15, 0.2) is 0 Å². The molecule has 1 aliphatic heterocycles. The van der Waals surface area contributed by atoms with Gasteiger partial charge >= 0.3 is 0 Å². The summed E-state index contributed by atoms with van der Waals surface area (Å²) in [5.41, 5.74) is 7.11. The Morgan fingerprint density at radius 3 is 2.76 bits per heavy atom. The lowest BCUT2D eigenvalue weighted by Crippen LogP contribution is -2.43. The number of hydrogen-bond donors (Lipinski definition) is 1. The predicted octanol–water partition coefficient (Wildman–Crippen LogP) is 1.35. The van der Waals surface area contributed by atoms with Gasteiger partial charge in [0.05, 0.1) is 12.2 Å². The first-order chi connectivity index (χ1) is 10.1. The zero-order valence-electron chi connectivity index (χ0n) is 11.6. The van der Waals surface area contributed by atoms with E-state index in [2.05, 4.69) is 12.1 Å². The summed E-state index contributed by atoms with van der Waals surface area (Å²) in [5.74, 6) is 1.53. The van der Waals surface area contributed by atoms with E-state index in [0.29, 0.717) is 18.8 Å². The van der Waals surface area contributed by atoms with Gasteiger partial charge < -0.3 is 15.4 Å². The molecule has 2 N–H and O–H groups in total. The van der Waals surface area contributed by atoms with Crippen LogP contribution in [0.3, 0.4) is 0 Å². The average Bonchev–Trinajstić information content (AvgIpc) is 3.31. The molecule has 0 aromatic heterocycles. The average molecular weight is 284 g/mol. The fraction of sp³-hybridized carbons (Fsp3) is 0.375. The third-order valence-corrected chi connectivity index (χ3v) is 4.30. The van der Waals surface area contributed by atoms with Gasteiger partial charge in [-0.2, -0.15) is 0 Å². The molecule has 0 saturated heterocycles. The summed E-state index contributed by atoms with van der Waals surface area (Å²) in [6.07, 6.45) is 3.65. The predicted molar refractivity (Wildman–Crippen MR) is 81.1 cm³/mol. The standard InChI is InChI=1S/C16H16N2O3/c17-13-14(16(20)15(13)19)18-5-6-21-12-4-3-10(8-11(12)18)7-9-1-2-9/h3-4,8-9H,1-2,5-7,17H2. The summed E-state index contributed by atoms with van der Waals surface area (Å²) in [5, 5.41) is 0. The summed E-state index contributed by atoms with van der Waals surface area (Å²) < 4.78 is 5.64. The van der Waals surface area contributed by atoms with Gasteiger partial charge in [0.1, 0.15) is 23.7 Å². The van der Waals surface area contributed by atoms with Crippen molar-refractivity contribution in [2.24, 2.45) is 5.92 Å². The maximum absolute atomic E-state index is 11.8. The van der Waals surface area contributed by atoms with Crippen molar-refractivity contribution < 1.29 is 4.74 Å². The van der Waals surface area contributed by atoms with Crippen molar-refractivity contribution in [3.8, 4) is 5.75 Å². The molecule has 5 heteroatoms. The van der Waals surface area contributed by atoms with Crippen molar-refractivity contribution in [2.75, 3.05) is 23.8 Å². The lowest BCUT2D eigenvalue weighted by molar-refractivity contribution is 0.314. The molecule has 4 rings (SSSR count). The molecule has 1 heterocycles. The lowest BCUT2D eigenvalue weighted by atomic mass is 10.0. The van der Waals surface area contributed by atoms with Gasteiger partial charge in [-0.25, -0.2) is 0 Å². The molecule has 1 aliphatic carbocycles. The molecule has 0 spiro atoms. The molecular formula is C16H16N2O3. The van der Waals surface area contributed by atoms with Crippen molar-refractivity contribution in [3.05, 3.63) is 44.2 Å². The molecule has 0 unspecified atom stereocenters. The Hall–Kier alpha value is -2.30. The number of rotatable bonds is 3. The molecule has 1 saturated carbocycles. The van der Waals surface area contributed by atoms with E-state index in [1.807, 2.05) is 11.0 Å². The Labute approximate surface area is 121 Å². The van der Waals surface area contributed by atoms with Crippen LogP contribution in [-0.4, -0.2) is 13.2 Å². The fourth-order valence-corrected chi connectivity index (χ4v) is 2.94. The summed E-state index contributed by atoms with van der Waals surface area (Å²) in [6, 6.07) is 6.08. The van der Waals surface area contributed by atoms with Crippen LogP contribution in [0.15, 0.2) is 27.8 Å². The van der Waals surface area contributed by atoms with Crippen LogP contribution in [0.25, 0.3) is 0 Å². The minimum atomic E-state index is -0.577. The maximum atomic E-state index is 11.8. The molecule has 0 atom stereocenters. The second kappa shape index (κ2) is 4.35. The van der Waals surface area contributed by atoms with Crippen LogP contribution >= 0.6 is 0 Å². The van der Waals surface area contributed by atoms with E-state index in [1.54, 1.807) is 0 Å². The van der Waals surface area contributed by atoms with E-state index < -0.39 is 10.9 Å². The van der Waals surface area contributed by atoms with E-state index in [-0.39, 0.29) is 5.69 Å². The summed E-state index contributed by atoms with van der Waals surface area (Å²) in [4.78, 5) is 25.0. The van der Waals surface area contributed by atoms with E-state index in [0.717, 1.165) is 23.8 Å². The van der Waals surface area contributed by atoms with Gasteiger partial charge in [-0.15, -0.1) is 0 Å². The summed E-state index contributed by atoms with van der Waals surface area (Å²) >= 11 is 0. The highest BCUT2D eigenvalue weighted by atomic mass is 16.5. The number of anilines is 3.